The lowest BCUT2D eigenvalue weighted by atomic mass is 9.96. The Morgan fingerprint density at radius 1 is 1.54 bits per heavy atom. The van der Waals surface area contributed by atoms with E-state index in [1.54, 1.807) is 0 Å². The normalized spacial score (nSPS) is 20.7. The fourth-order valence-corrected chi connectivity index (χ4v) is 1.81. The molecular weight excluding hydrogens is 184 g/mol. The lowest BCUT2D eigenvalue weighted by Crippen LogP contribution is -2.32. The number of carbonyl (C=O) groups excluding carboxylic acids is 1. The van der Waals surface area contributed by atoms with Gasteiger partial charge in [0.2, 0.25) is 5.91 Å². The molecule has 3 nitrogen and oxygen atoms in total. The molecule has 1 aliphatic heterocycles. The minimum atomic E-state index is -0.351. The van der Waals surface area contributed by atoms with Gasteiger partial charge in [-0.25, -0.2) is 5.43 Å². The van der Waals surface area contributed by atoms with Gasteiger partial charge in [0.25, 0.3) is 0 Å². The van der Waals surface area contributed by atoms with Crippen molar-refractivity contribution in [3.8, 4) is 0 Å². The molecule has 0 aliphatic carbocycles. The van der Waals surface area contributed by atoms with Crippen molar-refractivity contribution in [2.75, 3.05) is 11.5 Å². The molecule has 0 aromatic rings. The molecule has 0 unspecified atom stereocenters. The quantitative estimate of drug-likeness (QED) is 0.654. The van der Waals surface area contributed by atoms with Gasteiger partial charge in [-0.05, 0) is 12.2 Å². The van der Waals surface area contributed by atoms with Crippen molar-refractivity contribution in [2.45, 2.75) is 27.2 Å². The van der Waals surface area contributed by atoms with Gasteiger partial charge in [-0.1, -0.05) is 20.8 Å². The zero-order chi connectivity index (χ0) is 9.90. The number of rotatable bonds is 1. The average Bonchev–Trinajstić information content (AvgIpc) is 2.50. The second-order valence-electron chi connectivity index (χ2n) is 4.17. The highest BCUT2D eigenvalue weighted by Crippen LogP contribution is 2.15. The molecule has 1 aliphatic rings. The van der Waals surface area contributed by atoms with Crippen LogP contribution in [0.5, 0.6) is 0 Å². The van der Waals surface area contributed by atoms with E-state index in [0.717, 1.165) is 23.6 Å². The molecule has 1 saturated heterocycles. The molecule has 4 heteroatoms. The van der Waals surface area contributed by atoms with Crippen molar-refractivity contribution in [3.05, 3.63) is 0 Å². The van der Waals surface area contributed by atoms with Gasteiger partial charge >= 0.3 is 0 Å². The number of thioether (sulfide) groups is 1. The van der Waals surface area contributed by atoms with E-state index in [2.05, 4.69) is 10.5 Å². The Kier molecular flexibility index (Phi) is 3.36. The Balaban J connectivity index is 2.41. The van der Waals surface area contributed by atoms with Gasteiger partial charge in [0, 0.05) is 16.9 Å². The number of carbonyl (C=O) groups is 1. The molecule has 1 N–H and O–H groups in total. The van der Waals surface area contributed by atoms with E-state index in [1.807, 2.05) is 32.5 Å². The van der Waals surface area contributed by atoms with Crippen LogP contribution in [0.3, 0.4) is 0 Å². The molecule has 0 aromatic carbocycles. The molecule has 0 radical (unpaired) electrons. The Bertz CT molecular complexity index is 222. The molecule has 1 fully saturated rings. The van der Waals surface area contributed by atoms with Crippen LogP contribution in [0.4, 0.5) is 0 Å². The summed E-state index contributed by atoms with van der Waals surface area (Å²) in [5, 5.41) is 4.09. The molecular formula is C9H16N2OS. The second-order valence-corrected chi connectivity index (χ2v) is 5.28. The van der Waals surface area contributed by atoms with E-state index in [1.165, 1.54) is 0 Å². The Morgan fingerprint density at radius 2 is 2.23 bits per heavy atom. The van der Waals surface area contributed by atoms with Crippen LogP contribution in [0.15, 0.2) is 5.10 Å². The standard InChI is InChI=1S/C9H16N2OS/c1-9(2,3)8(12)11-10-7-4-5-13-6-7/h4-6H2,1-3H3,(H,11,12)/b10-7-. The van der Waals surface area contributed by atoms with Crippen LogP contribution in [0.25, 0.3) is 0 Å². The van der Waals surface area contributed by atoms with Crippen LogP contribution in [-0.2, 0) is 4.79 Å². The van der Waals surface area contributed by atoms with Gasteiger partial charge in [-0.2, -0.15) is 16.9 Å². The molecule has 0 aromatic heterocycles. The smallest absolute Gasteiger partial charge is 0.245 e. The van der Waals surface area contributed by atoms with Gasteiger partial charge in [0.15, 0.2) is 0 Å². The number of amides is 1. The number of nitrogens with zero attached hydrogens (tertiary/aromatic N) is 1. The van der Waals surface area contributed by atoms with E-state index in [0.29, 0.717) is 0 Å². The highest BCUT2D eigenvalue weighted by molar-refractivity contribution is 8.00. The summed E-state index contributed by atoms with van der Waals surface area (Å²) in [6.07, 6.45) is 1.01. The summed E-state index contributed by atoms with van der Waals surface area (Å²) in [5.41, 5.74) is 3.35. The van der Waals surface area contributed by atoms with Crippen LogP contribution in [-0.4, -0.2) is 23.1 Å². The topological polar surface area (TPSA) is 41.5 Å². The minimum Gasteiger partial charge on any atom is -0.273 e. The maximum absolute atomic E-state index is 11.4. The molecule has 1 amide bonds. The monoisotopic (exact) mass is 200 g/mol. The van der Waals surface area contributed by atoms with Gasteiger partial charge in [-0.3, -0.25) is 4.79 Å². The number of hydrogen-bond donors (Lipinski definition) is 1. The first-order chi connectivity index (χ1) is 6.00. The maximum atomic E-state index is 11.4. The molecule has 13 heavy (non-hydrogen) atoms. The fourth-order valence-electron chi connectivity index (χ4n) is 0.838. The summed E-state index contributed by atoms with van der Waals surface area (Å²) in [5.74, 6) is 2.08. The van der Waals surface area contributed by atoms with Crippen molar-refractivity contribution in [1.82, 2.24) is 5.43 Å². The van der Waals surface area contributed by atoms with Gasteiger partial charge in [0.05, 0.1) is 0 Å². The SMILES string of the molecule is CC(C)(C)C(=O)N/N=C1/CCSC1. The van der Waals surface area contributed by atoms with Crippen molar-refractivity contribution >= 4 is 23.4 Å². The fraction of sp³-hybridized carbons (Fsp3) is 0.778. The predicted octanol–water partition coefficient (Wildman–Crippen LogP) is 1.64. The lowest BCUT2D eigenvalue weighted by Gasteiger charge is -2.15. The molecule has 0 atom stereocenters. The first-order valence-corrected chi connectivity index (χ1v) is 5.59. The van der Waals surface area contributed by atoms with Gasteiger partial charge in [-0.15, -0.1) is 0 Å². The highest BCUT2D eigenvalue weighted by atomic mass is 32.2. The Morgan fingerprint density at radius 3 is 2.69 bits per heavy atom. The largest absolute Gasteiger partial charge is 0.273 e. The van der Waals surface area contributed by atoms with Gasteiger partial charge in [0.1, 0.15) is 0 Å². The van der Waals surface area contributed by atoms with Crippen LogP contribution in [0, 0.1) is 5.41 Å². The summed E-state index contributed by atoms with van der Waals surface area (Å²) < 4.78 is 0. The number of hydrogen-bond acceptors (Lipinski definition) is 3. The molecule has 0 bridgehead atoms. The van der Waals surface area contributed by atoms with Crippen molar-refractivity contribution < 1.29 is 4.79 Å². The maximum Gasteiger partial charge on any atom is 0.245 e. The number of nitrogens with one attached hydrogen (secondary N) is 1. The Hall–Kier alpha value is -0.510. The van der Waals surface area contributed by atoms with Crippen LogP contribution in [0.2, 0.25) is 0 Å². The second kappa shape index (κ2) is 4.13. The first-order valence-electron chi connectivity index (χ1n) is 4.44. The minimum absolute atomic E-state index is 0.0168. The van der Waals surface area contributed by atoms with E-state index < -0.39 is 0 Å². The predicted molar refractivity (Wildman–Crippen MR) is 57.0 cm³/mol. The third-order valence-electron chi connectivity index (χ3n) is 1.80. The lowest BCUT2D eigenvalue weighted by molar-refractivity contribution is -0.128. The average molecular weight is 200 g/mol. The zero-order valence-electron chi connectivity index (χ0n) is 8.39. The summed E-state index contributed by atoms with van der Waals surface area (Å²) in [6.45, 7) is 5.64. The Labute approximate surface area is 83.4 Å². The van der Waals surface area contributed by atoms with Crippen LogP contribution >= 0.6 is 11.8 Å². The molecule has 0 saturated carbocycles. The van der Waals surface area contributed by atoms with E-state index in [4.69, 9.17) is 0 Å². The molecule has 0 spiro atoms. The van der Waals surface area contributed by atoms with E-state index in [-0.39, 0.29) is 11.3 Å². The third kappa shape index (κ3) is 3.38. The molecule has 1 rings (SSSR count). The van der Waals surface area contributed by atoms with Crippen molar-refractivity contribution in [2.24, 2.45) is 10.5 Å². The van der Waals surface area contributed by atoms with E-state index in [9.17, 15) is 4.79 Å². The van der Waals surface area contributed by atoms with Gasteiger partial charge < -0.3 is 0 Å². The first kappa shape index (κ1) is 10.6. The number of hydrazone groups is 1. The summed E-state index contributed by atoms with van der Waals surface area (Å²) >= 11 is 1.86. The van der Waals surface area contributed by atoms with Crippen LogP contribution < -0.4 is 5.43 Å². The van der Waals surface area contributed by atoms with Crippen molar-refractivity contribution in [1.29, 1.82) is 0 Å². The summed E-state index contributed by atoms with van der Waals surface area (Å²) in [4.78, 5) is 11.4. The highest BCUT2D eigenvalue weighted by Gasteiger charge is 2.21. The van der Waals surface area contributed by atoms with Crippen LogP contribution in [0.1, 0.15) is 27.2 Å². The van der Waals surface area contributed by atoms with Crippen molar-refractivity contribution in [3.63, 3.8) is 0 Å². The molecule has 74 valence electrons. The third-order valence-corrected chi connectivity index (χ3v) is 2.83. The van der Waals surface area contributed by atoms with E-state index >= 15 is 0 Å². The summed E-state index contributed by atoms with van der Waals surface area (Å²) in [7, 11) is 0. The zero-order valence-corrected chi connectivity index (χ0v) is 9.20. The molecule has 1 heterocycles. The summed E-state index contributed by atoms with van der Waals surface area (Å²) in [6, 6.07) is 0.